The molecule has 37 heavy (non-hydrogen) atoms. The third kappa shape index (κ3) is 5.51. The standard InChI is InChI=1S/C26H22N4O5S2/c1-3-16-29-23-15-12-21(30(32)33)17-24(23)36-26(29)27-25(31)20-10-13-22(14-11-20)37(34,35)28(4-2)18-19-8-6-5-7-9-19/h1,5-15,17H,4,16,18H2,2H3. The Morgan fingerprint density at radius 3 is 2.46 bits per heavy atom. The number of benzene rings is 3. The molecule has 1 heterocycles. The number of hydrogen-bond donors (Lipinski definition) is 0. The number of nitro groups is 1. The summed E-state index contributed by atoms with van der Waals surface area (Å²) in [5, 5.41) is 11.1. The Balaban J connectivity index is 1.64. The molecule has 11 heteroatoms. The fourth-order valence-electron chi connectivity index (χ4n) is 3.73. The largest absolute Gasteiger partial charge is 0.305 e. The van der Waals surface area contributed by atoms with Crippen molar-refractivity contribution < 1.29 is 18.1 Å². The molecule has 0 saturated heterocycles. The Kier molecular flexibility index (Phi) is 7.63. The Morgan fingerprint density at radius 1 is 1.14 bits per heavy atom. The summed E-state index contributed by atoms with van der Waals surface area (Å²) < 4.78 is 29.9. The first-order chi connectivity index (χ1) is 17.7. The van der Waals surface area contributed by atoms with E-state index in [4.69, 9.17) is 6.42 Å². The normalized spacial score (nSPS) is 12.1. The fraction of sp³-hybridized carbons (Fsp3) is 0.154. The van der Waals surface area contributed by atoms with E-state index in [0.717, 1.165) is 16.9 Å². The summed E-state index contributed by atoms with van der Waals surface area (Å²) in [6.07, 6.45) is 5.48. The first-order valence-corrected chi connectivity index (χ1v) is 13.4. The third-order valence-corrected chi connectivity index (χ3v) is 8.59. The zero-order valence-electron chi connectivity index (χ0n) is 19.8. The van der Waals surface area contributed by atoms with Gasteiger partial charge in [0.1, 0.15) is 0 Å². The molecule has 3 aromatic carbocycles. The van der Waals surface area contributed by atoms with Crippen molar-refractivity contribution in [1.82, 2.24) is 8.87 Å². The third-order valence-electron chi connectivity index (χ3n) is 5.62. The van der Waals surface area contributed by atoms with Gasteiger partial charge in [-0.05, 0) is 35.9 Å². The monoisotopic (exact) mass is 534 g/mol. The van der Waals surface area contributed by atoms with Gasteiger partial charge in [0.25, 0.3) is 11.6 Å². The number of terminal acetylenes is 1. The van der Waals surface area contributed by atoms with Gasteiger partial charge in [0.15, 0.2) is 4.80 Å². The minimum atomic E-state index is -3.78. The van der Waals surface area contributed by atoms with Crippen LogP contribution in [0, 0.1) is 22.5 Å². The van der Waals surface area contributed by atoms with Crippen LogP contribution < -0.4 is 4.80 Å². The number of hydrogen-bond acceptors (Lipinski definition) is 6. The van der Waals surface area contributed by atoms with E-state index < -0.39 is 20.9 Å². The second-order valence-corrected chi connectivity index (χ2v) is 10.9. The molecular formula is C26H22N4O5S2. The highest BCUT2D eigenvalue weighted by Gasteiger charge is 2.23. The molecule has 9 nitrogen and oxygen atoms in total. The second kappa shape index (κ2) is 10.9. The predicted molar refractivity (Wildman–Crippen MR) is 141 cm³/mol. The quantitative estimate of drug-likeness (QED) is 0.191. The van der Waals surface area contributed by atoms with E-state index in [1.54, 1.807) is 17.6 Å². The molecule has 0 unspecified atom stereocenters. The van der Waals surface area contributed by atoms with E-state index in [2.05, 4.69) is 10.9 Å². The van der Waals surface area contributed by atoms with Crippen molar-refractivity contribution in [1.29, 1.82) is 0 Å². The Labute approximate surface area is 217 Å². The highest BCUT2D eigenvalue weighted by atomic mass is 32.2. The first-order valence-electron chi connectivity index (χ1n) is 11.2. The van der Waals surface area contributed by atoms with E-state index in [0.29, 0.717) is 10.2 Å². The maximum absolute atomic E-state index is 13.2. The van der Waals surface area contributed by atoms with Crippen LogP contribution in [0.25, 0.3) is 10.2 Å². The summed E-state index contributed by atoms with van der Waals surface area (Å²) in [6.45, 7) is 2.40. The van der Waals surface area contributed by atoms with Gasteiger partial charge in [0, 0.05) is 30.8 Å². The van der Waals surface area contributed by atoms with Crippen LogP contribution in [0.4, 0.5) is 5.69 Å². The van der Waals surface area contributed by atoms with Crippen LogP contribution in [0.5, 0.6) is 0 Å². The number of carbonyl (C=O) groups excluding carboxylic acids is 1. The zero-order valence-corrected chi connectivity index (χ0v) is 21.4. The molecule has 0 atom stereocenters. The van der Waals surface area contributed by atoms with Crippen molar-refractivity contribution in [2.75, 3.05) is 6.54 Å². The van der Waals surface area contributed by atoms with E-state index in [1.165, 1.54) is 40.7 Å². The number of thiazole rings is 1. The van der Waals surface area contributed by atoms with Gasteiger partial charge in [0.2, 0.25) is 10.0 Å². The topological polar surface area (TPSA) is 115 Å². The van der Waals surface area contributed by atoms with Crippen molar-refractivity contribution in [2.45, 2.75) is 24.9 Å². The van der Waals surface area contributed by atoms with Crippen LogP contribution in [-0.4, -0.2) is 34.7 Å². The molecule has 4 rings (SSSR count). The summed E-state index contributed by atoms with van der Waals surface area (Å²) in [5.74, 6) is 1.91. The van der Waals surface area contributed by atoms with Crippen LogP contribution >= 0.6 is 11.3 Å². The number of non-ortho nitro benzene ring substituents is 1. The Hall–Kier alpha value is -4.11. The highest BCUT2D eigenvalue weighted by molar-refractivity contribution is 7.89. The lowest BCUT2D eigenvalue weighted by Crippen LogP contribution is -2.30. The molecule has 0 radical (unpaired) electrons. The molecule has 0 aliphatic rings. The average Bonchev–Trinajstić information content (AvgIpc) is 3.24. The molecule has 0 fully saturated rings. The molecular weight excluding hydrogens is 512 g/mol. The maximum Gasteiger partial charge on any atom is 0.279 e. The molecule has 0 N–H and O–H groups in total. The van der Waals surface area contributed by atoms with Crippen LogP contribution in [0.2, 0.25) is 0 Å². The number of rotatable bonds is 8. The smallest absolute Gasteiger partial charge is 0.279 e. The van der Waals surface area contributed by atoms with Gasteiger partial charge in [-0.3, -0.25) is 14.9 Å². The molecule has 0 spiro atoms. The summed E-state index contributed by atoms with van der Waals surface area (Å²) in [4.78, 5) is 28.1. The zero-order chi connectivity index (χ0) is 26.6. The average molecular weight is 535 g/mol. The summed E-state index contributed by atoms with van der Waals surface area (Å²) >= 11 is 1.11. The predicted octanol–water partition coefficient (Wildman–Crippen LogP) is 4.20. The van der Waals surface area contributed by atoms with Crippen LogP contribution in [-0.2, 0) is 23.1 Å². The molecule has 1 aromatic heterocycles. The summed E-state index contributed by atoms with van der Waals surface area (Å²) in [7, 11) is -3.78. The molecule has 188 valence electrons. The highest BCUT2D eigenvalue weighted by Crippen LogP contribution is 2.24. The molecule has 0 saturated carbocycles. The number of nitro benzene ring substituents is 1. The molecule has 4 aromatic rings. The number of aromatic nitrogens is 1. The minimum Gasteiger partial charge on any atom is -0.305 e. The van der Waals surface area contributed by atoms with Gasteiger partial charge in [-0.25, -0.2) is 8.42 Å². The minimum absolute atomic E-state index is 0.0680. The van der Waals surface area contributed by atoms with Crippen LogP contribution in [0.3, 0.4) is 0 Å². The number of amides is 1. The van der Waals surface area contributed by atoms with Crippen LogP contribution in [0.15, 0.2) is 82.7 Å². The lowest BCUT2D eigenvalue weighted by molar-refractivity contribution is -0.384. The van der Waals surface area contributed by atoms with Gasteiger partial charge >= 0.3 is 0 Å². The molecule has 0 aliphatic heterocycles. The lowest BCUT2D eigenvalue weighted by atomic mass is 10.2. The van der Waals surface area contributed by atoms with Gasteiger partial charge < -0.3 is 4.57 Å². The number of nitrogens with zero attached hydrogens (tertiary/aromatic N) is 4. The Bertz CT molecular complexity index is 1680. The van der Waals surface area contributed by atoms with Crippen molar-refractivity contribution in [2.24, 2.45) is 4.99 Å². The molecule has 1 amide bonds. The van der Waals surface area contributed by atoms with Gasteiger partial charge in [-0.2, -0.15) is 9.30 Å². The van der Waals surface area contributed by atoms with E-state index in [-0.39, 0.29) is 40.6 Å². The lowest BCUT2D eigenvalue weighted by Gasteiger charge is -2.20. The number of carbonyl (C=O) groups is 1. The van der Waals surface area contributed by atoms with Crippen molar-refractivity contribution in [3.8, 4) is 12.3 Å². The molecule has 0 bridgehead atoms. The number of fused-ring (bicyclic) bond motifs is 1. The second-order valence-electron chi connectivity index (χ2n) is 7.94. The SMILES string of the molecule is C#CCn1c(=NC(=O)c2ccc(S(=O)(=O)N(CC)Cc3ccccc3)cc2)sc2cc([N+](=O)[O-])ccc21. The summed E-state index contributed by atoms with van der Waals surface area (Å²) in [6, 6.07) is 19.2. The van der Waals surface area contributed by atoms with Crippen molar-refractivity contribution in [3.63, 3.8) is 0 Å². The first kappa shape index (κ1) is 26.0. The van der Waals surface area contributed by atoms with Gasteiger partial charge in [-0.1, -0.05) is 54.5 Å². The number of sulfonamides is 1. The fourth-order valence-corrected chi connectivity index (χ4v) is 6.23. The summed E-state index contributed by atoms with van der Waals surface area (Å²) in [5.41, 5.74) is 1.61. The van der Waals surface area contributed by atoms with Crippen LogP contribution in [0.1, 0.15) is 22.8 Å². The van der Waals surface area contributed by atoms with Crippen molar-refractivity contribution >= 4 is 43.2 Å². The van der Waals surface area contributed by atoms with Gasteiger partial charge in [0.05, 0.1) is 26.6 Å². The van der Waals surface area contributed by atoms with E-state index in [9.17, 15) is 23.3 Å². The van der Waals surface area contributed by atoms with E-state index >= 15 is 0 Å². The van der Waals surface area contributed by atoms with Gasteiger partial charge in [-0.15, -0.1) is 6.42 Å². The van der Waals surface area contributed by atoms with E-state index in [1.807, 2.05) is 30.3 Å². The maximum atomic E-state index is 13.2. The Morgan fingerprint density at radius 2 is 1.84 bits per heavy atom. The molecule has 0 aliphatic carbocycles. The van der Waals surface area contributed by atoms with Crippen molar-refractivity contribution in [3.05, 3.63) is 98.8 Å².